The van der Waals surface area contributed by atoms with Gasteiger partial charge in [0.15, 0.2) is 0 Å². The number of unbranched alkanes of at least 4 members (excludes halogenated alkanes) is 1. The Bertz CT molecular complexity index is 480. The van der Waals surface area contributed by atoms with Gasteiger partial charge in [-0.15, -0.1) is 0 Å². The molecule has 0 heterocycles. The molecule has 0 saturated heterocycles. The van der Waals surface area contributed by atoms with Gasteiger partial charge in [-0.2, -0.15) is 0 Å². The van der Waals surface area contributed by atoms with Crippen molar-refractivity contribution in [3.8, 4) is 16.9 Å². The molecule has 2 aromatic carbocycles. The first-order valence-electron chi connectivity index (χ1n) is 6.19. The van der Waals surface area contributed by atoms with E-state index in [-0.39, 0.29) is 29.6 Å². The van der Waals surface area contributed by atoms with Gasteiger partial charge in [-0.3, -0.25) is 0 Å². The molecule has 0 amide bonds. The molecule has 0 spiro atoms. The number of benzene rings is 2. The Kier molecular flexibility index (Phi) is 6.48. The van der Waals surface area contributed by atoms with Crippen molar-refractivity contribution in [2.75, 3.05) is 0 Å². The van der Waals surface area contributed by atoms with Gasteiger partial charge >= 0.3 is 29.6 Å². The van der Waals surface area contributed by atoms with Gasteiger partial charge in [0.1, 0.15) is 5.75 Å². The number of hydrogen-bond acceptors (Lipinski definition) is 1. The first-order chi connectivity index (χ1) is 8.33. The van der Waals surface area contributed by atoms with Crippen LogP contribution < -0.4 is 0 Å². The minimum atomic E-state index is 0. The Morgan fingerprint density at radius 2 is 1.67 bits per heavy atom. The molecule has 0 bridgehead atoms. The van der Waals surface area contributed by atoms with Crippen LogP contribution in [-0.2, 0) is 6.42 Å². The normalized spacial score (nSPS) is 9.83. The van der Waals surface area contributed by atoms with Crippen LogP contribution in [0.1, 0.15) is 25.3 Å². The second-order valence-electron chi connectivity index (χ2n) is 4.27. The summed E-state index contributed by atoms with van der Waals surface area (Å²) in [6.45, 7) is 2.17. The van der Waals surface area contributed by atoms with Crippen LogP contribution >= 0.6 is 0 Å². The maximum atomic E-state index is 9.98. The summed E-state index contributed by atoms with van der Waals surface area (Å²) < 4.78 is 0. The molecule has 0 aliphatic carbocycles. The summed E-state index contributed by atoms with van der Waals surface area (Å²) >= 11 is 0. The Balaban J connectivity index is 0.00000162. The van der Waals surface area contributed by atoms with Gasteiger partial charge in [-0.05, 0) is 30.0 Å². The molecule has 2 aromatic rings. The van der Waals surface area contributed by atoms with Crippen LogP contribution in [0.5, 0.6) is 5.75 Å². The third-order valence-corrected chi connectivity index (χ3v) is 3.02. The molecular weight excluding hydrogens is 231 g/mol. The number of phenols is 1. The zero-order valence-electron chi connectivity index (χ0n) is 10.2. The number of hydrogen-bond donors (Lipinski definition) is 1. The quantitative estimate of drug-likeness (QED) is 0.819. The molecule has 0 aliphatic heterocycles. The van der Waals surface area contributed by atoms with Gasteiger partial charge in [0.05, 0.1) is 0 Å². The van der Waals surface area contributed by atoms with E-state index < -0.39 is 0 Å². The van der Waals surface area contributed by atoms with Gasteiger partial charge in [-0.1, -0.05) is 55.8 Å². The van der Waals surface area contributed by atoms with Crippen LogP contribution in [0, 0.1) is 0 Å². The molecular formula is C16H19NaO. The zero-order chi connectivity index (χ0) is 12.1. The summed E-state index contributed by atoms with van der Waals surface area (Å²) in [6, 6.07) is 16.0. The Hall–Kier alpha value is -0.760. The van der Waals surface area contributed by atoms with Gasteiger partial charge < -0.3 is 5.11 Å². The van der Waals surface area contributed by atoms with Crippen LogP contribution in [0.2, 0.25) is 0 Å². The molecule has 2 heteroatoms. The Labute approximate surface area is 131 Å². The summed E-state index contributed by atoms with van der Waals surface area (Å²) in [6.07, 6.45) is 3.19. The third-order valence-electron chi connectivity index (χ3n) is 3.02. The van der Waals surface area contributed by atoms with E-state index in [1.165, 1.54) is 5.56 Å². The second-order valence-corrected chi connectivity index (χ2v) is 4.27. The fraction of sp³-hybridized carbons (Fsp3) is 0.250. The van der Waals surface area contributed by atoms with Crippen molar-refractivity contribution < 1.29 is 5.11 Å². The van der Waals surface area contributed by atoms with Gasteiger partial charge in [0, 0.05) is 5.56 Å². The monoisotopic (exact) mass is 250 g/mol. The molecule has 0 atom stereocenters. The predicted molar refractivity (Wildman–Crippen MR) is 79.3 cm³/mol. The molecule has 0 aromatic heterocycles. The summed E-state index contributed by atoms with van der Waals surface area (Å²) in [5, 5.41) is 9.98. The minimum absolute atomic E-state index is 0. The number of rotatable bonds is 4. The fourth-order valence-electron chi connectivity index (χ4n) is 2.08. The van der Waals surface area contributed by atoms with Gasteiger partial charge in [0.2, 0.25) is 0 Å². The van der Waals surface area contributed by atoms with E-state index in [1.807, 2.05) is 24.3 Å². The SMILES string of the molecule is CCCCc1c(O)cccc1-c1ccccc1.[NaH]. The van der Waals surface area contributed by atoms with Crippen LogP contribution in [0.15, 0.2) is 48.5 Å². The molecule has 0 unspecified atom stereocenters. The first-order valence-corrected chi connectivity index (χ1v) is 6.19. The van der Waals surface area contributed by atoms with Gasteiger partial charge in [0.25, 0.3) is 0 Å². The van der Waals surface area contributed by atoms with Crippen molar-refractivity contribution in [1.82, 2.24) is 0 Å². The fourth-order valence-corrected chi connectivity index (χ4v) is 2.08. The van der Waals surface area contributed by atoms with E-state index in [1.54, 1.807) is 6.07 Å². The average molecular weight is 250 g/mol. The van der Waals surface area contributed by atoms with Crippen LogP contribution in [0.25, 0.3) is 11.1 Å². The zero-order valence-corrected chi connectivity index (χ0v) is 10.2. The second kappa shape index (κ2) is 7.63. The molecule has 18 heavy (non-hydrogen) atoms. The molecule has 0 aliphatic rings. The van der Waals surface area contributed by atoms with Crippen LogP contribution in [0.3, 0.4) is 0 Å². The third kappa shape index (κ3) is 3.61. The number of phenolic OH excluding ortho intramolecular Hbond substituents is 1. The summed E-state index contributed by atoms with van der Waals surface area (Å²) in [4.78, 5) is 0. The number of aromatic hydroxyl groups is 1. The average Bonchev–Trinajstić information content (AvgIpc) is 2.38. The van der Waals surface area contributed by atoms with Crippen molar-refractivity contribution in [3.63, 3.8) is 0 Å². The van der Waals surface area contributed by atoms with E-state index in [0.29, 0.717) is 5.75 Å². The van der Waals surface area contributed by atoms with E-state index >= 15 is 0 Å². The van der Waals surface area contributed by atoms with Crippen molar-refractivity contribution in [2.24, 2.45) is 0 Å². The maximum absolute atomic E-state index is 9.98. The predicted octanol–water partition coefficient (Wildman–Crippen LogP) is 3.75. The van der Waals surface area contributed by atoms with Crippen molar-refractivity contribution in [3.05, 3.63) is 54.1 Å². The van der Waals surface area contributed by atoms with Crippen molar-refractivity contribution >= 4 is 29.6 Å². The van der Waals surface area contributed by atoms with E-state index in [0.717, 1.165) is 30.4 Å². The van der Waals surface area contributed by atoms with E-state index in [2.05, 4.69) is 25.1 Å². The van der Waals surface area contributed by atoms with Crippen molar-refractivity contribution in [1.29, 1.82) is 0 Å². The summed E-state index contributed by atoms with van der Waals surface area (Å²) in [7, 11) is 0. The van der Waals surface area contributed by atoms with E-state index in [4.69, 9.17) is 0 Å². The van der Waals surface area contributed by atoms with Crippen LogP contribution in [0.4, 0.5) is 0 Å². The molecule has 2 rings (SSSR count). The topological polar surface area (TPSA) is 20.2 Å². The Morgan fingerprint density at radius 3 is 2.33 bits per heavy atom. The summed E-state index contributed by atoms with van der Waals surface area (Å²) in [5.74, 6) is 0.416. The first kappa shape index (κ1) is 15.3. The molecule has 1 N–H and O–H groups in total. The van der Waals surface area contributed by atoms with Gasteiger partial charge in [-0.25, -0.2) is 0 Å². The van der Waals surface area contributed by atoms with Crippen LogP contribution in [-0.4, -0.2) is 34.7 Å². The molecule has 0 saturated carbocycles. The molecule has 0 radical (unpaired) electrons. The molecule has 1 nitrogen and oxygen atoms in total. The molecule has 90 valence electrons. The Morgan fingerprint density at radius 1 is 0.944 bits per heavy atom. The summed E-state index contributed by atoms with van der Waals surface area (Å²) in [5.41, 5.74) is 3.40. The van der Waals surface area contributed by atoms with E-state index in [9.17, 15) is 5.11 Å². The molecule has 0 fully saturated rings. The standard InChI is InChI=1S/C16H18O.Na.H/c1-2-3-10-15-14(11-7-12-16(15)17)13-8-5-4-6-9-13;;/h4-9,11-12,17H,2-3,10H2,1H3;;. The van der Waals surface area contributed by atoms with Crippen molar-refractivity contribution in [2.45, 2.75) is 26.2 Å².